The zero-order chi connectivity index (χ0) is 25.2. The predicted molar refractivity (Wildman–Crippen MR) is 131 cm³/mol. The summed E-state index contributed by atoms with van der Waals surface area (Å²) in [6, 6.07) is 4.84. The SMILES string of the molecule is C[C@@H]1NC(=O)C[C@@H](C(=O)NCCCCN2CCCC2)NC(=O)c2ccccc2OCCN(C)C1=O. The number of likely N-dealkylation sites (N-methyl/N-ethyl adjacent to an activating group) is 1. The number of benzene rings is 1. The molecular formula is C25H37N5O5. The molecule has 35 heavy (non-hydrogen) atoms. The quantitative estimate of drug-likeness (QED) is 0.504. The van der Waals surface area contributed by atoms with Crippen LogP contribution >= 0.6 is 0 Å². The molecule has 1 saturated heterocycles. The van der Waals surface area contributed by atoms with Crippen molar-refractivity contribution in [2.45, 2.75) is 51.1 Å². The van der Waals surface area contributed by atoms with Crippen molar-refractivity contribution in [3.63, 3.8) is 0 Å². The number of carbonyl (C=O) groups excluding carboxylic acids is 4. The lowest BCUT2D eigenvalue weighted by molar-refractivity contribution is -0.135. The van der Waals surface area contributed by atoms with E-state index < -0.39 is 29.8 Å². The number of rotatable bonds is 6. The van der Waals surface area contributed by atoms with Crippen molar-refractivity contribution in [3.8, 4) is 5.75 Å². The van der Waals surface area contributed by atoms with E-state index in [2.05, 4.69) is 20.9 Å². The van der Waals surface area contributed by atoms with Crippen molar-refractivity contribution in [3.05, 3.63) is 29.8 Å². The Bertz CT molecular complexity index is 902. The summed E-state index contributed by atoms with van der Waals surface area (Å²) in [5.41, 5.74) is 0.260. The Morgan fingerprint density at radius 3 is 2.60 bits per heavy atom. The maximum Gasteiger partial charge on any atom is 0.255 e. The molecule has 0 saturated carbocycles. The molecule has 2 heterocycles. The van der Waals surface area contributed by atoms with E-state index in [1.165, 1.54) is 17.7 Å². The minimum absolute atomic E-state index is 0.175. The lowest BCUT2D eigenvalue weighted by atomic mass is 10.1. The highest BCUT2D eigenvalue weighted by Gasteiger charge is 2.28. The van der Waals surface area contributed by atoms with Crippen LogP contribution in [0.5, 0.6) is 5.75 Å². The third kappa shape index (κ3) is 7.95. The standard InChI is InChI=1S/C25H37N5O5/c1-18-25(34)29(2)15-16-35-21-10-4-3-9-19(21)23(32)28-20(17-22(31)27-18)24(33)26-11-5-6-12-30-13-7-8-14-30/h3-4,9-10,18,20H,5-8,11-17H2,1-2H3,(H,26,33)(H,27,31)(H,28,32)/t18-,20-/m0/s1. The molecule has 0 spiro atoms. The van der Waals surface area contributed by atoms with Gasteiger partial charge in [-0.05, 0) is 64.4 Å². The largest absolute Gasteiger partial charge is 0.491 e. The highest BCUT2D eigenvalue weighted by atomic mass is 16.5. The molecule has 192 valence electrons. The topological polar surface area (TPSA) is 120 Å². The fourth-order valence-corrected chi connectivity index (χ4v) is 4.31. The second kappa shape index (κ2) is 13.1. The van der Waals surface area contributed by atoms with Gasteiger partial charge in [-0.3, -0.25) is 19.2 Å². The number of likely N-dealkylation sites (tertiary alicyclic amines) is 1. The molecule has 0 bridgehead atoms. The third-order valence-electron chi connectivity index (χ3n) is 6.35. The molecule has 3 rings (SSSR count). The van der Waals surface area contributed by atoms with Gasteiger partial charge in [0.05, 0.1) is 18.5 Å². The van der Waals surface area contributed by atoms with E-state index in [0.29, 0.717) is 12.3 Å². The van der Waals surface area contributed by atoms with Crippen molar-refractivity contribution in [1.29, 1.82) is 0 Å². The zero-order valence-corrected chi connectivity index (χ0v) is 20.7. The lowest BCUT2D eigenvalue weighted by Gasteiger charge is -2.25. The van der Waals surface area contributed by atoms with Gasteiger partial charge in [-0.25, -0.2) is 0 Å². The fraction of sp³-hybridized carbons (Fsp3) is 0.600. The molecule has 3 N–H and O–H groups in total. The van der Waals surface area contributed by atoms with Crippen LogP contribution in [-0.2, 0) is 14.4 Å². The maximum atomic E-state index is 13.0. The van der Waals surface area contributed by atoms with E-state index in [4.69, 9.17) is 4.74 Å². The molecule has 1 fully saturated rings. The van der Waals surface area contributed by atoms with E-state index in [1.54, 1.807) is 38.2 Å². The number of ether oxygens (including phenoxy) is 1. The summed E-state index contributed by atoms with van der Waals surface area (Å²) in [5.74, 6) is -1.35. The number of amides is 4. The molecule has 2 aliphatic heterocycles. The van der Waals surface area contributed by atoms with Gasteiger partial charge in [0.25, 0.3) is 5.91 Å². The number of para-hydroxylation sites is 1. The average Bonchev–Trinajstić information content (AvgIpc) is 3.36. The molecule has 0 radical (unpaired) electrons. The summed E-state index contributed by atoms with van der Waals surface area (Å²) in [7, 11) is 1.62. The van der Waals surface area contributed by atoms with Gasteiger partial charge in [-0.2, -0.15) is 0 Å². The molecule has 0 aromatic heterocycles. The smallest absolute Gasteiger partial charge is 0.255 e. The Morgan fingerprint density at radius 1 is 1.09 bits per heavy atom. The predicted octanol–water partition coefficient (Wildman–Crippen LogP) is 0.523. The average molecular weight is 488 g/mol. The van der Waals surface area contributed by atoms with Crippen molar-refractivity contribution >= 4 is 23.6 Å². The first-order valence-electron chi connectivity index (χ1n) is 12.4. The molecule has 10 nitrogen and oxygen atoms in total. The van der Waals surface area contributed by atoms with Gasteiger partial charge in [0, 0.05) is 13.6 Å². The number of fused-ring (bicyclic) bond motifs is 1. The first-order chi connectivity index (χ1) is 16.8. The monoisotopic (exact) mass is 487 g/mol. The van der Waals surface area contributed by atoms with E-state index in [0.717, 1.165) is 32.5 Å². The highest BCUT2D eigenvalue weighted by Crippen LogP contribution is 2.18. The summed E-state index contributed by atoms with van der Waals surface area (Å²) in [6.45, 7) is 5.80. The first-order valence-corrected chi connectivity index (χ1v) is 12.4. The number of nitrogens with zero attached hydrogens (tertiary/aromatic N) is 2. The summed E-state index contributed by atoms with van der Waals surface area (Å²) < 4.78 is 5.76. The van der Waals surface area contributed by atoms with E-state index >= 15 is 0 Å². The van der Waals surface area contributed by atoms with Crippen molar-refractivity contribution in [2.75, 3.05) is 46.4 Å². The van der Waals surface area contributed by atoms with Crippen LogP contribution in [-0.4, -0.2) is 91.9 Å². The molecule has 4 amide bonds. The van der Waals surface area contributed by atoms with Crippen LogP contribution in [0.2, 0.25) is 0 Å². The van der Waals surface area contributed by atoms with Gasteiger partial charge in [-0.15, -0.1) is 0 Å². The molecule has 1 aromatic rings. The molecule has 10 heteroatoms. The highest BCUT2D eigenvalue weighted by molar-refractivity contribution is 6.01. The lowest BCUT2D eigenvalue weighted by Crippen LogP contribution is -2.52. The van der Waals surface area contributed by atoms with E-state index in [-0.39, 0.29) is 31.0 Å². The Kier molecular flexibility index (Phi) is 9.89. The Balaban J connectivity index is 1.67. The molecule has 2 aliphatic rings. The van der Waals surface area contributed by atoms with E-state index in [9.17, 15) is 19.2 Å². The van der Waals surface area contributed by atoms with Gasteiger partial charge in [0.2, 0.25) is 17.7 Å². The molecule has 0 unspecified atom stereocenters. The van der Waals surface area contributed by atoms with Gasteiger partial charge < -0.3 is 30.5 Å². The van der Waals surface area contributed by atoms with Crippen LogP contribution < -0.4 is 20.7 Å². The fourth-order valence-electron chi connectivity index (χ4n) is 4.31. The van der Waals surface area contributed by atoms with Crippen molar-refractivity contribution in [2.24, 2.45) is 0 Å². The van der Waals surface area contributed by atoms with Crippen LogP contribution in [0, 0.1) is 0 Å². The van der Waals surface area contributed by atoms with Crippen molar-refractivity contribution < 1.29 is 23.9 Å². The summed E-state index contributed by atoms with van der Waals surface area (Å²) >= 11 is 0. The van der Waals surface area contributed by atoms with Crippen LogP contribution in [0.25, 0.3) is 0 Å². The van der Waals surface area contributed by atoms with Gasteiger partial charge in [0.15, 0.2) is 0 Å². The normalized spacial score (nSPS) is 22.5. The summed E-state index contributed by atoms with van der Waals surface area (Å²) in [5, 5.41) is 8.16. The molecule has 1 aromatic carbocycles. The van der Waals surface area contributed by atoms with Gasteiger partial charge >= 0.3 is 0 Å². The number of hydrogen-bond donors (Lipinski definition) is 3. The summed E-state index contributed by atoms with van der Waals surface area (Å²) in [4.78, 5) is 55.1. The second-order valence-corrected chi connectivity index (χ2v) is 9.17. The van der Waals surface area contributed by atoms with Gasteiger partial charge in [-0.1, -0.05) is 12.1 Å². The summed E-state index contributed by atoms with van der Waals surface area (Å²) in [6.07, 6.45) is 3.98. The minimum atomic E-state index is -1.09. The van der Waals surface area contributed by atoms with Crippen LogP contribution in [0.4, 0.5) is 0 Å². The van der Waals surface area contributed by atoms with E-state index in [1.807, 2.05) is 0 Å². The number of hydrogen-bond acceptors (Lipinski definition) is 6. The Labute approximate surface area is 206 Å². The molecular weight excluding hydrogens is 450 g/mol. The van der Waals surface area contributed by atoms with Crippen LogP contribution in [0.15, 0.2) is 24.3 Å². The van der Waals surface area contributed by atoms with Crippen molar-refractivity contribution in [1.82, 2.24) is 25.8 Å². The minimum Gasteiger partial charge on any atom is -0.491 e. The third-order valence-corrected chi connectivity index (χ3v) is 6.35. The number of carbonyl (C=O) groups is 4. The van der Waals surface area contributed by atoms with Crippen LogP contribution in [0.3, 0.4) is 0 Å². The van der Waals surface area contributed by atoms with Gasteiger partial charge in [0.1, 0.15) is 24.4 Å². The number of unbranched alkanes of at least 4 members (excludes halogenated alkanes) is 1. The first kappa shape index (κ1) is 26.5. The molecule has 2 atom stereocenters. The number of nitrogens with one attached hydrogen (secondary N) is 3. The molecule has 0 aliphatic carbocycles. The zero-order valence-electron chi connectivity index (χ0n) is 20.7. The Morgan fingerprint density at radius 2 is 1.83 bits per heavy atom. The maximum absolute atomic E-state index is 13.0. The second-order valence-electron chi connectivity index (χ2n) is 9.17. The Hall–Kier alpha value is -3.14. The van der Waals surface area contributed by atoms with Crippen LogP contribution in [0.1, 0.15) is 49.4 Å².